The summed E-state index contributed by atoms with van der Waals surface area (Å²) in [5.41, 5.74) is 3.56. The number of benzene rings is 3. The minimum absolute atomic E-state index is 0.0258. The first-order valence-electron chi connectivity index (χ1n) is 14.2. The Morgan fingerprint density at radius 3 is 2.38 bits per heavy atom. The highest BCUT2D eigenvalue weighted by Gasteiger charge is 2.21. The Morgan fingerprint density at radius 1 is 0.844 bits per heavy atom. The second-order valence-electron chi connectivity index (χ2n) is 10.5. The number of hydrogen-bond donors (Lipinski definition) is 1. The normalized spacial score (nSPS) is 11.0. The molecule has 0 amide bonds. The van der Waals surface area contributed by atoms with Crippen LogP contribution in [0.2, 0.25) is 0 Å². The van der Waals surface area contributed by atoms with Gasteiger partial charge in [-0.3, -0.25) is 14.6 Å². The number of ether oxygens (including phenoxy) is 2. The number of ketones is 1. The van der Waals surface area contributed by atoms with Crippen LogP contribution in [0.4, 0.5) is 8.78 Å². The molecule has 0 aliphatic carbocycles. The van der Waals surface area contributed by atoms with E-state index in [0.717, 1.165) is 5.56 Å². The zero-order chi connectivity index (χ0) is 31.5. The molecule has 7 nitrogen and oxygen atoms in total. The molecule has 0 saturated heterocycles. The summed E-state index contributed by atoms with van der Waals surface area (Å²) in [7, 11) is 0. The molecule has 0 radical (unpaired) electrons. The van der Waals surface area contributed by atoms with E-state index in [4.69, 9.17) is 9.47 Å². The lowest BCUT2D eigenvalue weighted by Crippen LogP contribution is -2.22. The molecule has 0 fully saturated rings. The van der Waals surface area contributed by atoms with Gasteiger partial charge in [-0.15, -0.1) is 0 Å². The summed E-state index contributed by atoms with van der Waals surface area (Å²) >= 11 is 0. The molecule has 0 aliphatic heterocycles. The van der Waals surface area contributed by atoms with E-state index in [2.05, 4.69) is 15.0 Å². The number of pyridine rings is 3. The van der Waals surface area contributed by atoms with Gasteiger partial charge in [0.25, 0.3) is 0 Å². The van der Waals surface area contributed by atoms with Crippen molar-refractivity contribution >= 4 is 16.8 Å². The van der Waals surface area contributed by atoms with Crippen LogP contribution in [0.25, 0.3) is 22.2 Å². The molecular formula is C36H27F2N3O4. The number of nitrogens with one attached hydrogen (secondary N) is 1. The van der Waals surface area contributed by atoms with Gasteiger partial charge >= 0.3 is 0 Å². The van der Waals surface area contributed by atoms with E-state index in [-0.39, 0.29) is 23.3 Å². The van der Waals surface area contributed by atoms with Crippen LogP contribution in [0, 0.1) is 25.5 Å². The number of Topliss-reactive ketones (excluding diaryl/α,β-unsaturated/α-hetero) is 1. The fourth-order valence-corrected chi connectivity index (χ4v) is 5.19. The van der Waals surface area contributed by atoms with Gasteiger partial charge < -0.3 is 14.5 Å². The topological polar surface area (TPSA) is 94.2 Å². The van der Waals surface area contributed by atoms with Crippen LogP contribution in [0.15, 0.2) is 102 Å². The quantitative estimate of drug-likeness (QED) is 0.170. The number of carbonyl (C=O) groups excluding carboxylic acids is 1. The first kappa shape index (κ1) is 29.4. The van der Waals surface area contributed by atoms with Crippen molar-refractivity contribution < 1.29 is 23.0 Å². The zero-order valence-electron chi connectivity index (χ0n) is 24.4. The SMILES string of the molecule is Cc1[nH]c(C)c(-c2ccc(F)cc2)c(=O)c1C(=O)Cc1ccc(Oc2ccnc3cc(OCc4ccccc4)cnc23)c(F)c1. The maximum absolute atomic E-state index is 15.3. The molecule has 0 aliphatic rings. The summed E-state index contributed by atoms with van der Waals surface area (Å²) in [4.78, 5) is 38.6. The van der Waals surface area contributed by atoms with Crippen molar-refractivity contribution in [2.75, 3.05) is 0 Å². The molecule has 9 heteroatoms. The van der Waals surface area contributed by atoms with E-state index in [1.165, 1.54) is 42.6 Å². The lowest BCUT2D eigenvalue weighted by atomic mass is 9.95. The van der Waals surface area contributed by atoms with Crippen molar-refractivity contribution in [1.82, 2.24) is 15.0 Å². The minimum atomic E-state index is -0.686. The number of aromatic nitrogens is 3. The van der Waals surface area contributed by atoms with Crippen LogP contribution in [0.1, 0.15) is 32.9 Å². The summed E-state index contributed by atoms with van der Waals surface area (Å²) in [6.07, 6.45) is 2.88. The highest BCUT2D eigenvalue weighted by Crippen LogP contribution is 2.31. The third-order valence-corrected chi connectivity index (χ3v) is 7.34. The van der Waals surface area contributed by atoms with E-state index in [1.54, 1.807) is 38.2 Å². The van der Waals surface area contributed by atoms with E-state index in [1.807, 2.05) is 30.3 Å². The van der Waals surface area contributed by atoms with Crippen molar-refractivity contribution in [3.63, 3.8) is 0 Å². The molecule has 0 atom stereocenters. The number of halogens is 2. The van der Waals surface area contributed by atoms with E-state index in [9.17, 15) is 14.0 Å². The van der Waals surface area contributed by atoms with Crippen LogP contribution >= 0.6 is 0 Å². The molecule has 0 bridgehead atoms. The number of aromatic amines is 1. The molecule has 3 heterocycles. The second kappa shape index (κ2) is 12.5. The summed E-state index contributed by atoms with van der Waals surface area (Å²) < 4.78 is 40.4. The summed E-state index contributed by atoms with van der Waals surface area (Å²) in [6, 6.07) is 22.7. The third kappa shape index (κ3) is 6.33. The predicted molar refractivity (Wildman–Crippen MR) is 167 cm³/mol. The van der Waals surface area contributed by atoms with Crippen molar-refractivity contribution in [3.05, 3.63) is 147 Å². The Hall–Kier alpha value is -5.70. The average Bonchev–Trinajstić information content (AvgIpc) is 3.02. The van der Waals surface area contributed by atoms with Gasteiger partial charge in [0.15, 0.2) is 23.1 Å². The molecule has 0 saturated carbocycles. The summed E-state index contributed by atoms with van der Waals surface area (Å²) in [6.45, 7) is 3.73. The first-order valence-corrected chi connectivity index (χ1v) is 14.2. The number of H-pyrrole nitrogens is 1. The maximum Gasteiger partial charge on any atom is 0.200 e. The van der Waals surface area contributed by atoms with Crippen LogP contribution in [0.5, 0.6) is 17.2 Å². The largest absolute Gasteiger partial charge is 0.487 e. The Labute approximate surface area is 257 Å². The monoisotopic (exact) mass is 603 g/mol. The van der Waals surface area contributed by atoms with Gasteiger partial charge in [0.05, 0.1) is 17.3 Å². The molecular weight excluding hydrogens is 576 g/mol. The Kier molecular flexibility index (Phi) is 8.16. The molecule has 0 unspecified atom stereocenters. The standard InChI is InChI=1S/C36H27F2N3O4/c1-21-33(25-9-11-26(37)12-10-25)36(43)34(22(2)41-21)30(42)17-24-8-13-31(28(38)16-24)45-32-14-15-39-29-18-27(19-40-35(29)32)44-20-23-6-4-3-5-7-23/h3-16,18-19H,17,20H2,1-2H3,(H,41,43). The summed E-state index contributed by atoms with van der Waals surface area (Å²) in [5.74, 6) is -0.823. The van der Waals surface area contributed by atoms with Gasteiger partial charge in [0, 0.05) is 41.7 Å². The smallest absolute Gasteiger partial charge is 0.200 e. The third-order valence-electron chi connectivity index (χ3n) is 7.34. The van der Waals surface area contributed by atoms with Crippen molar-refractivity contribution in [2.45, 2.75) is 26.9 Å². The number of carbonyl (C=O) groups is 1. The van der Waals surface area contributed by atoms with E-state index < -0.39 is 22.8 Å². The Balaban J connectivity index is 1.20. The van der Waals surface area contributed by atoms with Crippen LogP contribution < -0.4 is 14.9 Å². The van der Waals surface area contributed by atoms with E-state index in [0.29, 0.717) is 51.7 Å². The molecule has 6 aromatic rings. The Bertz CT molecular complexity index is 2100. The van der Waals surface area contributed by atoms with Gasteiger partial charge in [-0.1, -0.05) is 48.5 Å². The van der Waals surface area contributed by atoms with Gasteiger partial charge in [-0.05, 0) is 54.8 Å². The van der Waals surface area contributed by atoms with Crippen molar-refractivity contribution in [3.8, 4) is 28.4 Å². The highest BCUT2D eigenvalue weighted by atomic mass is 19.1. The molecule has 45 heavy (non-hydrogen) atoms. The van der Waals surface area contributed by atoms with Crippen LogP contribution in [0.3, 0.4) is 0 Å². The number of nitrogens with zero attached hydrogens (tertiary/aromatic N) is 2. The zero-order valence-corrected chi connectivity index (χ0v) is 24.4. The van der Waals surface area contributed by atoms with Gasteiger partial charge in [0.1, 0.15) is 23.7 Å². The van der Waals surface area contributed by atoms with Crippen LogP contribution in [-0.4, -0.2) is 20.7 Å². The molecule has 1 N–H and O–H groups in total. The molecule has 3 aromatic carbocycles. The van der Waals surface area contributed by atoms with Crippen LogP contribution in [-0.2, 0) is 13.0 Å². The fraction of sp³-hybridized carbons (Fsp3) is 0.111. The Morgan fingerprint density at radius 2 is 1.62 bits per heavy atom. The molecule has 0 spiro atoms. The van der Waals surface area contributed by atoms with Gasteiger partial charge in [-0.2, -0.15) is 0 Å². The average molecular weight is 604 g/mol. The van der Waals surface area contributed by atoms with Gasteiger partial charge in [0.2, 0.25) is 5.43 Å². The second-order valence-corrected chi connectivity index (χ2v) is 10.5. The molecule has 3 aromatic heterocycles. The number of fused-ring (bicyclic) bond motifs is 1. The highest BCUT2D eigenvalue weighted by molar-refractivity contribution is 5.99. The molecule has 6 rings (SSSR count). The maximum atomic E-state index is 15.3. The number of aryl methyl sites for hydroxylation is 2. The fourth-order valence-electron chi connectivity index (χ4n) is 5.19. The first-order chi connectivity index (χ1) is 21.8. The van der Waals surface area contributed by atoms with Crippen molar-refractivity contribution in [1.29, 1.82) is 0 Å². The lowest BCUT2D eigenvalue weighted by molar-refractivity contribution is 0.0991. The lowest BCUT2D eigenvalue weighted by Gasteiger charge is -2.13. The number of hydrogen-bond acceptors (Lipinski definition) is 6. The van der Waals surface area contributed by atoms with E-state index >= 15 is 4.39 Å². The minimum Gasteiger partial charge on any atom is -0.487 e. The molecule has 224 valence electrons. The number of rotatable bonds is 9. The van der Waals surface area contributed by atoms with Crippen molar-refractivity contribution in [2.24, 2.45) is 0 Å². The summed E-state index contributed by atoms with van der Waals surface area (Å²) in [5, 5.41) is 0. The van der Waals surface area contributed by atoms with Gasteiger partial charge in [-0.25, -0.2) is 13.8 Å². The predicted octanol–water partition coefficient (Wildman–Crippen LogP) is 7.68.